The third kappa shape index (κ3) is 3.57. The minimum atomic E-state index is -0.836. The second kappa shape index (κ2) is 9.55. The van der Waals surface area contributed by atoms with Crippen LogP contribution < -0.4 is 4.90 Å². The Balaban J connectivity index is 1.83. The van der Waals surface area contributed by atoms with Gasteiger partial charge in [0.1, 0.15) is 6.04 Å². The third-order valence-corrected chi connectivity index (χ3v) is 9.80. The highest BCUT2D eigenvalue weighted by Gasteiger charge is 2.76. The number of thioether (sulfide) groups is 1. The zero-order valence-electron chi connectivity index (χ0n) is 19.7. The monoisotopic (exact) mass is 506 g/mol. The average Bonchev–Trinajstić information content (AvgIpc) is 3.37. The Morgan fingerprint density at radius 2 is 2.18 bits per heavy atom. The Labute approximate surface area is 209 Å². The Morgan fingerprint density at radius 3 is 2.79 bits per heavy atom. The predicted octanol–water partition coefficient (Wildman–Crippen LogP) is 3.06. The molecule has 4 rings (SSSR count). The highest BCUT2D eigenvalue weighted by atomic mass is 35.5. The van der Waals surface area contributed by atoms with Gasteiger partial charge in [-0.1, -0.05) is 36.7 Å². The van der Waals surface area contributed by atoms with Crippen LogP contribution in [0.3, 0.4) is 0 Å². The maximum absolute atomic E-state index is 14.4. The normalized spacial score (nSPS) is 31.5. The summed E-state index contributed by atoms with van der Waals surface area (Å²) in [4.78, 5) is 44.1. The molecule has 34 heavy (non-hydrogen) atoms. The number of fused-ring (bicyclic) bond motifs is 1. The van der Waals surface area contributed by atoms with Crippen molar-refractivity contribution < 1.29 is 24.2 Å². The van der Waals surface area contributed by atoms with Gasteiger partial charge >= 0.3 is 5.97 Å². The number of halogens is 1. The fraction of sp³-hybridized carbons (Fsp3) is 0.560. The van der Waals surface area contributed by atoms with Crippen molar-refractivity contribution in [3.63, 3.8) is 0 Å². The van der Waals surface area contributed by atoms with Gasteiger partial charge < -0.3 is 19.6 Å². The van der Waals surface area contributed by atoms with Crippen molar-refractivity contribution in [3.05, 3.63) is 41.4 Å². The maximum atomic E-state index is 14.4. The SMILES string of the molecule is C=CCN(C(=O)C1N(CCO)C(=O)[C@@H]2[C@H](C(=O)OCC)[C@@H]3CC(C)C12S3)c1c(C)cccc1Cl. The topological polar surface area (TPSA) is 87.2 Å². The van der Waals surface area contributed by atoms with Gasteiger partial charge in [-0.25, -0.2) is 0 Å². The molecule has 3 aliphatic rings. The zero-order chi connectivity index (χ0) is 24.8. The number of para-hydroxylation sites is 1. The van der Waals surface area contributed by atoms with Crippen LogP contribution in [0.25, 0.3) is 0 Å². The smallest absolute Gasteiger partial charge is 0.310 e. The summed E-state index contributed by atoms with van der Waals surface area (Å²) in [6, 6.07) is 4.60. The highest BCUT2D eigenvalue weighted by molar-refractivity contribution is 8.02. The van der Waals surface area contributed by atoms with Crippen LogP contribution in [0.4, 0.5) is 5.69 Å². The van der Waals surface area contributed by atoms with Crippen LogP contribution in [0.1, 0.15) is 25.8 Å². The third-order valence-electron chi connectivity index (χ3n) is 7.42. The number of rotatable bonds is 8. The quantitative estimate of drug-likeness (QED) is 0.431. The minimum absolute atomic E-state index is 0.0183. The first-order chi connectivity index (χ1) is 16.2. The van der Waals surface area contributed by atoms with Gasteiger partial charge in [-0.15, -0.1) is 18.3 Å². The van der Waals surface area contributed by atoms with Gasteiger partial charge in [-0.3, -0.25) is 14.4 Å². The molecule has 1 aromatic rings. The number of nitrogens with zero attached hydrogens (tertiary/aromatic N) is 2. The fourth-order valence-electron chi connectivity index (χ4n) is 6.19. The summed E-state index contributed by atoms with van der Waals surface area (Å²) in [5.74, 6) is -2.15. The van der Waals surface area contributed by atoms with Crippen molar-refractivity contribution in [1.82, 2.24) is 4.90 Å². The van der Waals surface area contributed by atoms with E-state index >= 15 is 0 Å². The van der Waals surface area contributed by atoms with E-state index in [-0.39, 0.29) is 55.3 Å². The van der Waals surface area contributed by atoms with Gasteiger partial charge in [0.2, 0.25) is 5.91 Å². The Bertz CT molecular complexity index is 999. The number of aliphatic hydroxyl groups is 1. The molecule has 2 amide bonds. The number of esters is 1. The number of hydrogen-bond donors (Lipinski definition) is 1. The first-order valence-electron chi connectivity index (χ1n) is 11.7. The minimum Gasteiger partial charge on any atom is -0.466 e. The Hall–Kier alpha value is -2.03. The van der Waals surface area contributed by atoms with Crippen LogP contribution in [0.5, 0.6) is 0 Å². The molecule has 3 saturated heterocycles. The molecule has 3 unspecified atom stereocenters. The molecule has 0 saturated carbocycles. The molecule has 0 radical (unpaired) electrons. The number of benzene rings is 1. The summed E-state index contributed by atoms with van der Waals surface area (Å²) < 4.78 is 4.57. The molecule has 0 aromatic heterocycles. The molecular formula is C25H31ClN2O5S. The molecule has 1 N–H and O–H groups in total. The standard InChI is InChI=1S/C25H31ClN2O5S/c1-5-10-27(20-14(3)8-7-9-16(20)26)23(31)21-25-15(4)13-17(34-25)18(24(32)33-6-2)19(25)22(30)28(21)11-12-29/h5,7-9,15,17-19,21,29H,1,6,10-13H2,2-4H3/t15?,17-,18+,19-,21?,25?/m0/s1. The first-order valence-corrected chi connectivity index (χ1v) is 12.9. The van der Waals surface area contributed by atoms with Crippen molar-refractivity contribution in [3.8, 4) is 0 Å². The predicted molar refractivity (Wildman–Crippen MR) is 133 cm³/mol. The summed E-state index contributed by atoms with van der Waals surface area (Å²) in [7, 11) is 0. The van der Waals surface area contributed by atoms with Crippen LogP contribution in [-0.4, -0.2) is 70.1 Å². The summed E-state index contributed by atoms with van der Waals surface area (Å²) in [6.45, 7) is 9.69. The maximum Gasteiger partial charge on any atom is 0.310 e. The molecule has 2 bridgehead atoms. The lowest BCUT2D eigenvalue weighted by atomic mass is 9.66. The number of aliphatic hydroxyl groups excluding tert-OH is 1. The van der Waals surface area contributed by atoms with E-state index in [1.807, 2.05) is 19.1 Å². The second-order valence-electron chi connectivity index (χ2n) is 9.20. The van der Waals surface area contributed by atoms with E-state index in [0.29, 0.717) is 10.7 Å². The Morgan fingerprint density at radius 1 is 1.44 bits per heavy atom. The summed E-state index contributed by atoms with van der Waals surface area (Å²) >= 11 is 8.12. The van der Waals surface area contributed by atoms with Crippen LogP contribution in [0.15, 0.2) is 30.9 Å². The van der Waals surface area contributed by atoms with E-state index in [1.54, 1.807) is 35.7 Å². The van der Waals surface area contributed by atoms with Gasteiger partial charge in [0.15, 0.2) is 0 Å². The fourth-order valence-corrected chi connectivity index (χ4v) is 8.91. The molecule has 1 aromatic carbocycles. The second-order valence-corrected chi connectivity index (χ2v) is 11.2. The number of likely N-dealkylation sites (tertiary alicyclic amines) is 1. The van der Waals surface area contributed by atoms with Crippen LogP contribution in [-0.2, 0) is 19.1 Å². The van der Waals surface area contributed by atoms with E-state index in [1.165, 1.54) is 4.90 Å². The van der Waals surface area contributed by atoms with Gasteiger partial charge in [0.05, 0.1) is 40.5 Å². The number of ether oxygens (including phenoxy) is 1. The summed E-state index contributed by atoms with van der Waals surface area (Å²) in [6.07, 6.45) is 2.36. The molecule has 184 valence electrons. The number of amides is 2. The molecule has 9 heteroatoms. The van der Waals surface area contributed by atoms with Crippen molar-refractivity contribution in [2.75, 3.05) is 31.2 Å². The Kier molecular flexibility index (Phi) is 7.04. The van der Waals surface area contributed by atoms with E-state index in [0.717, 1.165) is 12.0 Å². The van der Waals surface area contributed by atoms with Crippen LogP contribution >= 0.6 is 23.4 Å². The van der Waals surface area contributed by atoms with Gasteiger partial charge in [-0.05, 0) is 37.8 Å². The van der Waals surface area contributed by atoms with Crippen LogP contribution in [0.2, 0.25) is 5.02 Å². The van der Waals surface area contributed by atoms with Gasteiger partial charge in [0.25, 0.3) is 5.91 Å². The number of carbonyl (C=O) groups excluding carboxylic acids is 3. The molecule has 3 heterocycles. The molecule has 1 spiro atoms. The first kappa shape index (κ1) is 25.1. The number of carbonyl (C=O) groups is 3. The number of β-amino-alcohol motifs (C(OH)–C–C–N with tert-alkyl or cyclic N) is 1. The average molecular weight is 507 g/mol. The van der Waals surface area contributed by atoms with E-state index in [2.05, 4.69) is 13.5 Å². The number of hydrogen-bond acceptors (Lipinski definition) is 6. The van der Waals surface area contributed by atoms with E-state index in [9.17, 15) is 19.5 Å². The van der Waals surface area contributed by atoms with E-state index in [4.69, 9.17) is 16.3 Å². The summed E-state index contributed by atoms with van der Waals surface area (Å²) in [5.41, 5.74) is 1.41. The largest absolute Gasteiger partial charge is 0.466 e. The molecule has 3 fully saturated rings. The summed E-state index contributed by atoms with van der Waals surface area (Å²) in [5, 5.41) is 10.1. The molecule has 6 atom stereocenters. The van der Waals surface area contributed by atoms with E-state index < -0.39 is 22.6 Å². The lowest BCUT2D eigenvalue weighted by Crippen LogP contribution is -2.57. The molecule has 0 aliphatic carbocycles. The van der Waals surface area contributed by atoms with Crippen molar-refractivity contribution in [2.45, 2.75) is 43.2 Å². The molecular weight excluding hydrogens is 476 g/mol. The highest BCUT2D eigenvalue weighted by Crippen LogP contribution is 2.68. The van der Waals surface area contributed by atoms with Gasteiger partial charge in [-0.2, -0.15) is 0 Å². The van der Waals surface area contributed by atoms with Gasteiger partial charge in [0, 0.05) is 18.3 Å². The lowest BCUT2D eigenvalue weighted by Gasteiger charge is -2.40. The number of anilines is 1. The van der Waals surface area contributed by atoms with Crippen LogP contribution in [0, 0.1) is 24.7 Å². The van der Waals surface area contributed by atoms with Crippen molar-refractivity contribution >= 4 is 46.8 Å². The lowest BCUT2D eigenvalue weighted by molar-refractivity contribution is -0.154. The zero-order valence-corrected chi connectivity index (χ0v) is 21.3. The molecule has 7 nitrogen and oxygen atoms in total. The van der Waals surface area contributed by atoms with Crippen molar-refractivity contribution in [2.24, 2.45) is 17.8 Å². The number of aryl methyl sites for hydroxylation is 1. The van der Waals surface area contributed by atoms with Crippen molar-refractivity contribution in [1.29, 1.82) is 0 Å². The molecule has 3 aliphatic heterocycles.